The van der Waals surface area contributed by atoms with Crippen molar-refractivity contribution < 1.29 is 4.79 Å². The second-order valence-corrected chi connectivity index (χ2v) is 4.19. The summed E-state index contributed by atoms with van der Waals surface area (Å²) in [5, 5.41) is 0. The maximum absolute atomic E-state index is 11.1. The van der Waals surface area contributed by atoms with Crippen LogP contribution < -0.4 is 5.73 Å². The van der Waals surface area contributed by atoms with Crippen LogP contribution in [0.5, 0.6) is 0 Å². The molecule has 3 aromatic rings. The highest BCUT2D eigenvalue weighted by Gasteiger charge is 2.07. The molecule has 0 radical (unpaired) electrons. The van der Waals surface area contributed by atoms with E-state index in [2.05, 4.69) is 15.0 Å². The highest BCUT2D eigenvalue weighted by atomic mass is 16.1. The Morgan fingerprint density at radius 1 is 1.16 bits per heavy atom. The molecule has 3 aromatic heterocycles. The molecule has 0 fully saturated rings. The molecule has 19 heavy (non-hydrogen) atoms. The van der Waals surface area contributed by atoms with Gasteiger partial charge in [0.2, 0.25) is 0 Å². The van der Waals surface area contributed by atoms with Gasteiger partial charge in [0.25, 0.3) is 5.91 Å². The van der Waals surface area contributed by atoms with Crippen LogP contribution in [0.1, 0.15) is 16.3 Å². The predicted molar refractivity (Wildman–Crippen MR) is 69.5 cm³/mol. The van der Waals surface area contributed by atoms with E-state index in [9.17, 15) is 4.79 Å². The number of carbonyl (C=O) groups is 1. The molecule has 0 aliphatic rings. The lowest BCUT2D eigenvalue weighted by atomic mass is 10.1. The van der Waals surface area contributed by atoms with E-state index < -0.39 is 5.91 Å². The molecule has 0 unspecified atom stereocenters. The summed E-state index contributed by atoms with van der Waals surface area (Å²) in [5.41, 5.74) is 7.98. The Balaban J connectivity index is 2.10. The molecule has 0 aliphatic heterocycles. The number of hydrogen-bond acceptors (Lipinski definition) is 4. The molecular formula is C13H11N5O. The number of rotatable bonds is 2. The fourth-order valence-corrected chi connectivity index (χ4v) is 1.82. The molecule has 0 atom stereocenters. The topological polar surface area (TPSA) is 86.2 Å². The first-order valence-electron chi connectivity index (χ1n) is 5.71. The number of carbonyl (C=O) groups excluding carboxylic acids is 1. The summed E-state index contributed by atoms with van der Waals surface area (Å²) in [5.74, 6) is 0.187. The van der Waals surface area contributed by atoms with Gasteiger partial charge in [-0.05, 0) is 19.1 Å². The fraction of sp³-hybridized carbons (Fsp3) is 0.0769. The van der Waals surface area contributed by atoms with Crippen LogP contribution in [-0.4, -0.2) is 25.3 Å². The van der Waals surface area contributed by atoms with Crippen LogP contribution in [-0.2, 0) is 0 Å². The lowest BCUT2D eigenvalue weighted by molar-refractivity contribution is 0.0996. The zero-order chi connectivity index (χ0) is 13.4. The van der Waals surface area contributed by atoms with E-state index in [1.807, 2.05) is 25.3 Å². The normalized spacial score (nSPS) is 10.8. The first-order chi connectivity index (χ1) is 9.13. The second kappa shape index (κ2) is 4.16. The lowest BCUT2D eigenvalue weighted by Gasteiger charge is -2.02. The van der Waals surface area contributed by atoms with E-state index in [0.717, 1.165) is 17.0 Å². The number of imidazole rings is 1. The van der Waals surface area contributed by atoms with Gasteiger partial charge < -0.3 is 10.1 Å². The van der Waals surface area contributed by atoms with Crippen LogP contribution in [0.3, 0.4) is 0 Å². The van der Waals surface area contributed by atoms with Crippen molar-refractivity contribution in [2.45, 2.75) is 6.92 Å². The van der Waals surface area contributed by atoms with Crippen molar-refractivity contribution in [2.24, 2.45) is 5.73 Å². The summed E-state index contributed by atoms with van der Waals surface area (Å²) in [7, 11) is 0. The van der Waals surface area contributed by atoms with Gasteiger partial charge in [0, 0.05) is 35.9 Å². The Bertz CT molecular complexity index is 760. The minimum atomic E-state index is -0.538. The van der Waals surface area contributed by atoms with Gasteiger partial charge in [0.1, 0.15) is 17.2 Å². The average Bonchev–Trinajstić information content (AvgIpc) is 2.82. The van der Waals surface area contributed by atoms with Gasteiger partial charge in [-0.2, -0.15) is 0 Å². The van der Waals surface area contributed by atoms with E-state index in [1.54, 1.807) is 23.0 Å². The molecule has 6 heteroatoms. The van der Waals surface area contributed by atoms with E-state index in [4.69, 9.17) is 5.73 Å². The van der Waals surface area contributed by atoms with Crippen LogP contribution in [0.25, 0.3) is 16.8 Å². The first-order valence-corrected chi connectivity index (χ1v) is 5.71. The van der Waals surface area contributed by atoms with Crippen LogP contribution in [0, 0.1) is 6.92 Å². The summed E-state index contributed by atoms with van der Waals surface area (Å²) in [6.07, 6.45) is 6.99. The third-order valence-electron chi connectivity index (χ3n) is 2.82. The molecule has 0 bridgehead atoms. The Morgan fingerprint density at radius 2 is 1.89 bits per heavy atom. The van der Waals surface area contributed by atoms with Gasteiger partial charge in [-0.3, -0.25) is 4.79 Å². The summed E-state index contributed by atoms with van der Waals surface area (Å²) < 4.78 is 1.76. The Kier molecular flexibility index (Phi) is 2.49. The SMILES string of the molecule is Cc1ncc(-c2ccc3nc(C(N)=O)cn3c2)cn1. The first kappa shape index (κ1) is 11.3. The van der Waals surface area contributed by atoms with Gasteiger partial charge in [-0.15, -0.1) is 0 Å². The summed E-state index contributed by atoms with van der Waals surface area (Å²) in [6.45, 7) is 1.84. The molecule has 3 heterocycles. The van der Waals surface area contributed by atoms with Gasteiger partial charge in [0.15, 0.2) is 0 Å². The number of pyridine rings is 1. The van der Waals surface area contributed by atoms with Crippen LogP contribution in [0.2, 0.25) is 0 Å². The van der Waals surface area contributed by atoms with Gasteiger partial charge in [-0.25, -0.2) is 15.0 Å². The molecule has 0 saturated heterocycles. The van der Waals surface area contributed by atoms with Gasteiger partial charge >= 0.3 is 0 Å². The predicted octanol–water partition coefficient (Wildman–Crippen LogP) is 1.20. The molecule has 1 amide bonds. The van der Waals surface area contributed by atoms with Crippen LogP contribution in [0.4, 0.5) is 0 Å². The van der Waals surface area contributed by atoms with Crippen molar-refractivity contribution in [3.8, 4) is 11.1 Å². The molecule has 2 N–H and O–H groups in total. The molecule has 0 aliphatic carbocycles. The zero-order valence-electron chi connectivity index (χ0n) is 10.2. The maximum Gasteiger partial charge on any atom is 0.268 e. The molecule has 6 nitrogen and oxygen atoms in total. The largest absolute Gasteiger partial charge is 0.364 e. The van der Waals surface area contributed by atoms with Crippen molar-refractivity contribution in [3.63, 3.8) is 0 Å². The molecule has 0 saturated carbocycles. The molecule has 3 rings (SSSR count). The lowest BCUT2D eigenvalue weighted by Crippen LogP contribution is -2.10. The van der Waals surface area contributed by atoms with E-state index >= 15 is 0 Å². The van der Waals surface area contributed by atoms with Crippen molar-refractivity contribution in [1.29, 1.82) is 0 Å². The van der Waals surface area contributed by atoms with Crippen molar-refractivity contribution in [1.82, 2.24) is 19.4 Å². The summed E-state index contributed by atoms with van der Waals surface area (Å²) in [4.78, 5) is 23.5. The minimum Gasteiger partial charge on any atom is -0.364 e. The highest BCUT2D eigenvalue weighted by Crippen LogP contribution is 2.18. The minimum absolute atomic E-state index is 0.248. The number of aryl methyl sites for hydroxylation is 1. The standard InChI is InChI=1S/C13H11N5O/c1-8-15-4-10(5-16-8)9-2-3-12-17-11(13(14)19)7-18(12)6-9/h2-7H,1H3,(H2,14,19). The second-order valence-electron chi connectivity index (χ2n) is 4.19. The third kappa shape index (κ3) is 2.03. The number of amides is 1. The van der Waals surface area contributed by atoms with E-state index in [-0.39, 0.29) is 5.69 Å². The summed E-state index contributed by atoms with van der Waals surface area (Å²) in [6, 6.07) is 3.72. The quantitative estimate of drug-likeness (QED) is 0.743. The van der Waals surface area contributed by atoms with E-state index in [1.165, 1.54) is 0 Å². The molecule has 0 aromatic carbocycles. The summed E-state index contributed by atoms with van der Waals surface area (Å²) >= 11 is 0. The Labute approximate surface area is 108 Å². The van der Waals surface area contributed by atoms with Crippen molar-refractivity contribution >= 4 is 11.6 Å². The number of hydrogen-bond donors (Lipinski definition) is 1. The molecule has 0 spiro atoms. The highest BCUT2D eigenvalue weighted by molar-refractivity contribution is 5.91. The third-order valence-corrected chi connectivity index (χ3v) is 2.82. The van der Waals surface area contributed by atoms with Crippen molar-refractivity contribution in [2.75, 3.05) is 0 Å². The van der Waals surface area contributed by atoms with E-state index in [0.29, 0.717) is 5.65 Å². The smallest absolute Gasteiger partial charge is 0.268 e. The Morgan fingerprint density at radius 3 is 2.58 bits per heavy atom. The number of primary amides is 1. The van der Waals surface area contributed by atoms with Gasteiger partial charge in [-0.1, -0.05) is 0 Å². The number of aromatic nitrogens is 4. The molecular weight excluding hydrogens is 242 g/mol. The number of fused-ring (bicyclic) bond motifs is 1. The number of nitrogens with zero attached hydrogens (tertiary/aromatic N) is 4. The maximum atomic E-state index is 11.1. The van der Waals surface area contributed by atoms with Crippen LogP contribution >= 0.6 is 0 Å². The number of nitrogens with two attached hydrogens (primary N) is 1. The Hall–Kier alpha value is -2.76. The zero-order valence-corrected chi connectivity index (χ0v) is 10.2. The van der Waals surface area contributed by atoms with Crippen molar-refractivity contribution in [3.05, 3.63) is 48.4 Å². The average molecular weight is 253 g/mol. The molecule has 94 valence electrons. The van der Waals surface area contributed by atoms with Crippen LogP contribution in [0.15, 0.2) is 36.9 Å². The monoisotopic (exact) mass is 253 g/mol. The fourth-order valence-electron chi connectivity index (χ4n) is 1.82. The van der Waals surface area contributed by atoms with Gasteiger partial charge in [0.05, 0.1) is 0 Å².